The lowest BCUT2D eigenvalue weighted by atomic mass is 10.1. The highest BCUT2D eigenvalue weighted by Crippen LogP contribution is 2.29. The fourth-order valence-electron chi connectivity index (χ4n) is 2.95. The monoisotopic (exact) mass is 417 g/mol. The Morgan fingerprint density at radius 2 is 1.74 bits per heavy atom. The number of aryl methyl sites for hydroxylation is 1. The van der Waals surface area contributed by atoms with Crippen molar-refractivity contribution in [1.29, 1.82) is 0 Å². The summed E-state index contributed by atoms with van der Waals surface area (Å²) in [5.41, 5.74) is 3.01. The number of amides is 1. The lowest BCUT2D eigenvalue weighted by Gasteiger charge is -2.16. The molecule has 0 bridgehead atoms. The van der Waals surface area contributed by atoms with Crippen molar-refractivity contribution < 1.29 is 18.4 Å². The standard InChI is InChI=1S/C24H20FN3O3/c1-15-11-13-17(14-12-15)22-27-24(31-28-22)18-7-3-5-9-20(18)26-23(29)16(2)30-21-10-6-4-8-19(21)25/h3-14,16H,1-2H3,(H,26,29)/t16-/m0/s1. The summed E-state index contributed by atoms with van der Waals surface area (Å²) in [6.07, 6.45) is -0.921. The smallest absolute Gasteiger partial charge is 0.265 e. The first-order chi connectivity index (χ1) is 15.0. The summed E-state index contributed by atoms with van der Waals surface area (Å²) in [7, 11) is 0. The summed E-state index contributed by atoms with van der Waals surface area (Å²) in [5.74, 6) is -0.231. The van der Waals surface area contributed by atoms with Crippen LogP contribution in [0.5, 0.6) is 5.75 Å². The Hall–Kier alpha value is -4.00. The van der Waals surface area contributed by atoms with Crippen molar-refractivity contribution in [2.24, 2.45) is 0 Å². The van der Waals surface area contributed by atoms with Gasteiger partial charge in [-0.05, 0) is 38.1 Å². The highest BCUT2D eigenvalue weighted by molar-refractivity contribution is 5.97. The zero-order valence-corrected chi connectivity index (χ0v) is 17.0. The van der Waals surface area contributed by atoms with Gasteiger partial charge in [0, 0.05) is 5.56 Å². The third-order valence-corrected chi connectivity index (χ3v) is 4.66. The molecule has 0 radical (unpaired) electrons. The van der Waals surface area contributed by atoms with E-state index in [0.29, 0.717) is 17.1 Å². The third-order valence-electron chi connectivity index (χ3n) is 4.66. The number of para-hydroxylation sites is 2. The molecule has 1 heterocycles. The number of nitrogens with one attached hydrogen (secondary N) is 1. The molecule has 1 amide bonds. The topological polar surface area (TPSA) is 77.2 Å². The Morgan fingerprint density at radius 1 is 1.03 bits per heavy atom. The Bertz CT molecular complexity index is 1200. The first-order valence-corrected chi connectivity index (χ1v) is 9.73. The van der Waals surface area contributed by atoms with Crippen molar-refractivity contribution in [3.05, 3.63) is 84.2 Å². The molecule has 0 fully saturated rings. The minimum absolute atomic E-state index is 0.0121. The Labute approximate surface area is 178 Å². The number of aromatic nitrogens is 2. The van der Waals surface area contributed by atoms with Crippen LogP contribution in [-0.2, 0) is 4.79 Å². The van der Waals surface area contributed by atoms with Crippen LogP contribution in [0.4, 0.5) is 10.1 Å². The molecule has 6 nitrogen and oxygen atoms in total. The molecule has 31 heavy (non-hydrogen) atoms. The number of carbonyl (C=O) groups excluding carboxylic acids is 1. The molecule has 0 saturated carbocycles. The second kappa shape index (κ2) is 8.79. The fraction of sp³-hybridized carbons (Fsp3) is 0.125. The van der Waals surface area contributed by atoms with Gasteiger partial charge in [0.05, 0.1) is 11.3 Å². The maximum atomic E-state index is 13.8. The van der Waals surface area contributed by atoms with Crippen LogP contribution >= 0.6 is 0 Å². The third kappa shape index (κ3) is 4.61. The number of hydrogen-bond acceptors (Lipinski definition) is 5. The zero-order chi connectivity index (χ0) is 21.8. The van der Waals surface area contributed by atoms with E-state index in [1.807, 2.05) is 31.2 Å². The van der Waals surface area contributed by atoms with Crippen molar-refractivity contribution in [1.82, 2.24) is 10.1 Å². The molecule has 7 heteroatoms. The van der Waals surface area contributed by atoms with Gasteiger partial charge in [-0.25, -0.2) is 4.39 Å². The first-order valence-electron chi connectivity index (χ1n) is 9.73. The lowest BCUT2D eigenvalue weighted by Crippen LogP contribution is -2.30. The van der Waals surface area contributed by atoms with Crippen molar-refractivity contribution in [3.63, 3.8) is 0 Å². The molecular formula is C24H20FN3O3. The van der Waals surface area contributed by atoms with E-state index in [1.54, 1.807) is 43.3 Å². The van der Waals surface area contributed by atoms with Crippen LogP contribution in [0.2, 0.25) is 0 Å². The highest BCUT2D eigenvalue weighted by Gasteiger charge is 2.20. The summed E-state index contributed by atoms with van der Waals surface area (Å²) < 4.78 is 24.7. The summed E-state index contributed by atoms with van der Waals surface area (Å²) in [6.45, 7) is 3.55. The molecule has 0 aliphatic carbocycles. The summed E-state index contributed by atoms with van der Waals surface area (Å²) in [5, 5.41) is 6.84. The molecule has 0 spiro atoms. The van der Waals surface area contributed by atoms with Gasteiger partial charge >= 0.3 is 0 Å². The van der Waals surface area contributed by atoms with Crippen LogP contribution in [-0.4, -0.2) is 22.2 Å². The quantitative estimate of drug-likeness (QED) is 0.463. The van der Waals surface area contributed by atoms with Crippen LogP contribution in [0.25, 0.3) is 22.8 Å². The first kappa shape index (κ1) is 20.3. The Kier molecular flexibility index (Phi) is 5.75. The van der Waals surface area contributed by atoms with Gasteiger partial charge in [0.1, 0.15) is 0 Å². The average Bonchev–Trinajstić information content (AvgIpc) is 3.26. The number of ether oxygens (including phenoxy) is 1. The number of anilines is 1. The maximum absolute atomic E-state index is 13.8. The Balaban J connectivity index is 1.53. The molecule has 0 saturated heterocycles. The highest BCUT2D eigenvalue weighted by atomic mass is 19.1. The van der Waals surface area contributed by atoms with E-state index in [9.17, 15) is 9.18 Å². The second-order valence-corrected chi connectivity index (χ2v) is 7.01. The van der Waals surface area contributed by atoms with Crippen LogP contribution < -0.4 is 10.1 Å². The molecule has 1 aromatic heterocycles. The van der Waals surface area contributed by atoms with Gasteiger partial charge in [-0.2, -0.15) is 4.98 Å². The molecule has 1 atom stereocenters. The lowest BCUT2D eigenvalue weighted by molar-refractivity contribution is -0.122. The molecule has 3 aromatic carbocycles. The van der Waals surface area contributed by atoms with E-state index in [2.05, 4.69) is 15.5 Å². The molecular weight excluding hydrogens is 397 g/mol. The van der Waals surface area contributed by atoms with Gasteiger partial charge in [-0.3, -0.25) is 4.79 Å². The average molecular weight is 417 g/mol. The minimum atomic E-state index is -0.921. The van der Waals surface area contributed by atoms with Crippen molar-refractivity contribution in [3.8, 4) is 28.6 Å². The van der Waals surface area contributed by atoms with E-state index in [-0.39, 0.29) is 11.6 Å². The van der Waals surface area contributed by atoms with Crippen molar-refractivity contribution >= 4 is 11.6 Å². The van der Waals surface area contributed by atoms with Gasteiger partial charge < -0.3 is 14.6 Å². The number of hydrogen-bond donors (Lipinski definition) is 1. The fourth-order valence-corrected chi connectivity index (χ4v) is 2.95. The maximum Gasteiger partial charge on any atom is 0.265 e. The largest absolute Gasteiger partial charge is 0.478 e. The normalized spacial score (nSPS) is 11.7. The van der Waals surface area contributed by atoms with Gasteiger partial charge in [0.15, 0.2) is 17.7 Å². The summed E-state index contributed by atoms with van der Waals surface area (Å²) >= 11 is 0. The molecule has 4 rings (SSSR count). The van der Waals surface area contributed by atoms with Crippen molar-refractivity contribution in [2.75, 3.05) is 5.32 Å². The van der Waals surface area contributed by atoms with Crippen LogP contribution in [0.1, 0.15) is 12.5 Å². The van der Waals surface area contributed by atoms with E-state index in [0.717, 1.165) is 11.1 Å². The number of nitrogens with zero attached hydrogens (tertiary/aromatic N) is 2. The van der Waals surface area contributed by atoms with E-state index < -0.39 is 17.8 Å². The molecule has 0 unspecified atom stereocenters. The molecule has 0 aliphatic rings. The minimum Gasteiger partial charge on any atom is -0.478 e. The summed E-state index contributed by atoms with van der Waals surface area (Å²) in [4.78, 5) is 17.1. The van der Waals surface area contributed by atoms with Crippen LogP contribution in [0.3, 0.4) is 0 Å². The predicted molar refractivity (Wildman–Crippen MR) is 115 cm³/mol. The number of halogens is 1. The van der Waals surface area contributed by atoms with Crippen LogP contribution in [0, 0.1) is 12.7 Å². The molecule has 4 aromatic rings. The predicted octanol–water partition coefficient (Wildman–Crippen LogP) is 5.26. The molecule has 1 N–H and O–H groups in total. The molecule has 0 aliphatic heterocycles. The number of rotatable bonds is 6. The van der Waals surface area contributed by atoms with Gasteiger partial charge in [0.25, 0.3) is 11.8 Å². The van der Waals surface area contributed by atoms with Gasteiger partial charge in [-0.1, -0.05) is 59.3 Å². The van der Waals surface area contributed by atoms with Gasteiger partial charge in [0.2, 0.25) is 5.82 Å². The number of carbonyl (C=O) groups is 1. The van der Waals surface area contributed by atoms with Gasteiger partial charge in [-0.15, -0.1) is 0 Å². The number of benzene rings is 3. The van der Waals surface area contributed by atoms with Crippen LogP contribution in [0.15, 0.2) is 77.3 Å². The van der Waals surface area contributed by atoms with E-state index in [4.69, 9.17) is 9.26 Å². The summed E-state index contributed by atoms with van der Waals surface area (Å²) in [6, 6.07) is 20.8. The Morgan fingerprint density at radius 3 is 2.52 bits per heavy atom. The van der Waals surface area contributed by atoms with E-state index >= 15 is 0 Å². The van der Waals surface area contributed by atoms with Crippen molar-refractivity contribution in [2.45, 2.75) is 20.0 Å². The molecule has 156 valence electrons. The second-order valence-electron chi connectivity index (χ2n) is 7.01. The zero-order valence-electron chi connectivity index (χ0n) is 17.0. The SMILES string of the molecule is Cc1ccc(-c2noc(-c3ccccc3NC(=O)[C@H](C)Oc3ccccc3F)n2)cc1. The van der Waals surface area contributed by atoms with E-state index in [1.165, 1.54) is 12.1 Å².